The number of hydrogen-bond acceptors (Lipinski definition) is 3. The van der Waals surface area contributed by atoms with Crippen molar-refractivity contribution in [3.63, 3.8) is 0 Å². The maximum Gasteiger partial charge on any atom is 0.257 e. The minimum Gasteiger partial charge on any atom is -0.369 e. The zero-order valence-electron chi connectivity index (χ0n) is 17.7. The Morgan fingerprint density at radius 3 is 2.41 bits per heavy atom. The fourth-order valence-corrected chi connectivity index (χ4v) is 5.90. The van der Waals surface area contributed by atoms with E-state index in [2.05, 4.69) is 6.92 Å². The minimum absolute atomic E-state index is 0.159. The SMILES string of the molecule is CCCC[C@@H]1CCC[C@H](C[C@@]2(CCC3CCCCC3)N=C(N)N(C)C2=O)C1. The van der Waals surface area contributed by atoms with Gasteiger partial charge in [0.05, 0.1) is 0 Å². The van der Waals surface area contributed by atoms with E-state index in [4.69, 9.17) is 10.7 Å². The molecule has 1 amide bonds. The van der Waals surface area contributed by atoms with E-state index in [0.717, 1.165) is 31.1 Å². The molecule has 3 atom stereocenters. The largest absolute Gasteiger partial charge is 0.369 e. The van der Waals surface area contributed by atoms with Gasteiger partial charge < -0.3 is 5.73 Å². The Kier molecular flexibility index (Phi) is 7.22. The van der Waals surface area contributed by atoms with Crippen molar-refractivity contribution in [2.24, 2.45) is 28.5 Å². The van der Waals surface area contributed by atoms with Gasteiger partial charge in [0.2, 0.25) is 0 Å². The van der Waals surface area contributed by atoms with Gasteiger partial charge in [-0.05, 0) is 43.4 Å². The zero-order valence-corrected chi connectivity index (χ0v) is 17.7. The van der Waals surface area contributed by atoms with Crippen LogP contribution in [0.4, 0.5) is 0 Å². The Labute approximate surface area is 166 Å². The van der Waals surface area contributed by atoms with E-state index in [-0.39, 0.29) is 5.91 Å². The molecule has 0 aromatic heterocycles. The van der Waals surface area contributed by atoms with Gasteiger partial charge in [0.25, 0.3) is 5.91 Å². The van der Waals surface area contributed by atoms with E-state index in [9.17, 15) is 4.79 Å². The summed E-state index contributed by atoms with van der Waals surface area (Å²) < 4.78 is 0. The lowest BCUT2D eigenvalue weighted by molar-refractivity contribution is -0.131. The van der Waals surface area contributed by atoms with Crippen molar-refractivity contribution in [3.8, 4) is 0 Å². The predicted molar refractivity (Wildman–Crippen MR) is 113 cm³/mol. The molecule has 0 saturated heterocycles. The number of rotatable bonds is 8. The number of hydrogen-bond donors (Lipinski definition) is 1. The van der Waals surface area contributed by atoms with Crippen molar-refractivity contribution in [2.45, 2.75) is 109 Å². The summed E-state index contributed by atoms with van der Waals surface area (Å²) in [5.74, 6) is 2.87. The molecule has 4 heteroatoms. The fraction of sp³-hybridized carbons (Fsp3) is 0.913. The van der Waals surface area contributed by atoms with Gasteiger partial charge in [0, 0.05) is 7.05 Å². The van der Waals surface area contributed by atoms with Crippen LogP contribution in [0.5, 0.6) is 0 Å². The molecule has 2 aliphatic carbocycles. The third-order valence-corrected chi connectivity index (χ3v) is 7.55. The highest BCUT2D eigenvalue weighted by atomic mass is 16.2. The average Bonchev–Trinajstić information content (AvgIpc) is 2.90. The summed E-state index contributed by atoms with van der Waals surface area (Å²) >= 11 is 0. The number of likely N-dealkylation sites (N-methyl/N-ethyl adjacent to an activating group) is 1. The third kappa shape index (κ3) is 5.06. The summed E-state index contributed by atoms with van der Waals surface area (Å²) in [7, 11) is 1.80. The predicted octanol–water partition coefficient (Wildman–Crippen LogP) is 5.26. The van der Waals surface area contributed by atoms with Gasteiger partial charge in [-0.3, -0.25) is 9.69 Å². The number of nitrogens with zero attached hydrogens (tertiary/aromatic N) is 2. The molecule has 0 aromatic rings. The van der Waals surface area contributed by atoms with E-state index in [1.807, 2.05) is 0 Å². The van der Waals surface area contributed by atoms with Crippen LogP contribution in [0.2, 0.25) is 0 Å². The average molecular weight is 376 g/mol. The van der Waals surface area contributed by atoms with Gasteiger partial charge in [0.15, 0.2) is 5.96 Å². The lowest BCUT2D eigenvalue weighted by Crippen LogP contribution is -2.44. The molecule has 0 spiro atoms. The molecule has 3 aliphatic rings. The summed E-state index contributed by atoms with van der Waals surface area (Å²) in [5, 5.41) is 0. The Bertz CT molecular complexity index is 526. The smallest absolute Gasteiger partial charge is 0.257 e. The van der Waals surface area contributed by atoms with E-state index in [0.29, 0.717) is 11.9 Å². The molecular formula is C23H41N3O. The molecule has 4 nitrogen and oxygen atoms in total. The molecule has 3 rings (SSSR count). The first-order valence-electron chi connectivity index (χ1n) is 11.7. The first-order valence-corrected chi connectivity index (χ1v) is 11.7. The van der Waals surface area contributed by atoms with Gasteiger partial charge in [0.1, 0.15) is 5.54 Å². The molecule has 2 saturated carbocycles. The van der Waals surface area contributed by atoms with Crippen molar-refractivity contribution in [2.75, 3.05) is 7.05 Å². The van der Waals surface area contributed by atoms with Gasteiger partial charge in [-0.1, -0.05) is 77.6 Å². The topological polar surface area (TPSA) is 58.7 Å². The molecule has 1 heterocycles. The van der Waals surface area contributed by atoms with Crippen molar-refractivity contribution < 1.29 is 4.79 Å². The number of carbonyl (C=O) groups is 1. The monoisotopic (exact) mass is 375 g/mol. The second-order valence-corrected chi connectivity index (χ2v) is 9.65. The number of amides is 1. The quantitative estimate of drug-likeness (QED) is 0.629. The van der Waals surface area contributed by atoms with E-state index < -0.39 is 5.54 Å². The third-order valence-electron chi connectivity index (χ3n) is 7.55. The highest BCUT2D eigenvalue weighted by Crippen LogP contribution is 2.42. The van der Waals surface area contributed by atoms with Crippen LogP contribution >= 0.6 is 0 Å². The van der Waals surface area contributed by atoms with Crippen molar-refractivity contribution in [1.82, 2.24) is 4.90 Å². The standard InChI is InChI=1S/C23H41N3O/c1-3-4-9-19-12-8-13-20(16-19)17-23(21(27)26(2)22(24)25-23)15-14-18-10-6-5-7-11-18/h18-20H,3-17H2,1-2H3,(H2,24,25)/t19-,20+,23-/m1/s1. The number of unbranched alkanes of at least 4 members (excludes halogenated alkanes) is 1. The molecule has 0 unspecified atom stereocenters. The Hall–Kier alpha value is -1.06. The highest BCUT2D eigenvalue weighted by Gasteiger charge is 2.47. The van der Waals surface area contributed by atoms with Crippen LogP contribution in [0.15, 0.2) is 4.99 Å². The van der Waals surface area contributed by atoms with Crippen LogP contribution in [0.25, 0.3) is 0 Å². The molecule has 0 aromatic carbocycles. The summed E-state index contributed by atoms with van der Waals surface area (Å²) in [6.45, 7) is 2.28. The van der Waals surface area contributed by atoms with Gasteiger partial charge in [-0.15, -0.1) is 0 Å². The summed E-state index contributed by atoms with van der Waals surface area (Å²) in [6, 6.07) is 0. The van der Waals surface area contributed by atoms with Crippen LogP contribution in [-0.4, -0.2) is 29.4 Å². The van der Waals surface area contributed by atoms with Crippen LogP contribution < -0.4 is 5.73 Å². The lowest BCUT2D eigenvalue weighted by atomic mass is 9.72. The van der Waals surface area contributed by atoms with Crippen LogP contribution in [0.1, 0.15) is 103 Å². The minimum atomic E-state index is -0.562. The van der Waals surface area contributed by atoms with Gasteiger partial charge in [-0.25, -0.2) is 4.99 Å². The van der Waals surface area contributed by atoms with Crippen LogP contribution in [0, 0.1) is 17.8 Å². The van der Waals surface area contributed by atoms with Crippen molar-refractivity contribution >= 4 is 11.9 Å². The molecular weight excluding hydrogens is 334 g/mol. The zero-order chi connectivity index (χ0) is 19.3. The molecule has 0 bridgehead atoms. The van der Waals surface area contributed by atoms with Gasteiger partial charge >= 0.3 is 0 Å². The van der Waals surface area contributed by atoms with E-state index >= 15 is 0 Å². The van der Waals surface area contributed by atoms with Crippen LogP contribution in [-0.2, 0) is 4.79 Å². The Morgan fingerprint density at radius 2 is 1.74 bits per heavy atom. The molecule has 2 fully saturated rings. The Balaban J connectivity index is 1.66. The van der Waals surface area contributed by atoms with Gasteiger partial charge in [-0.2, -0.15) is 0 Å². The van der Waals surface area contributed by atoms with Crippen molar-refractivity contribution in [1.29, 1.82) is 0 Å². The van der Waals surface area contributed by atoms with Crippen LogP contribution in [0.3, 0.4) is 0 Å². The Morgan fingerprint density at radius 1 is 1.04 bits per heavy atom. The fourth-order valence-electron chi connectivity index (χ4n) is 5.90. The second kappa shape index (κ2) is 9.43. The van der Waals surface area contributed by atoms with E-state index in [1.54, 1.807) is 11.9 Å². The molecule has 1 aliphatic heterocycles. The second-order valence-electron chi connectivity index (χ2n) is 9.65. The summed E-state index contributed by atoms with van der Waals surface area (Å²) in [5.41, 5.74) is 5.54. The molecule has 154 valence electrons. The highest BCUT2D eigenvalue weighted by molar-refractivity contribution is 6.06. The number of carbonyl (C=O) groups excluding carboxylic acids is 1. The maximum atomic E-state index is 13.2. The first kappa shape index (κ1) is 20.7. The maximum absolute atomic E-state index is 13.2. The number of nitrogens with two attached hydrogens (primary N) is 1. The molecule has 0 radical (unpaired) electrons. The number of guanidine groups is 1. The lowest BCUT2D eigenvalue weighted by Gasteiger charge is -2.35. The molecule has 27 heavy (non-hydrogen) atoms. The van der Waals surface area contributed by atoms with E-state index in [1.165, 1.54) is 77.0 Å². The summed E-state index contributed by atoms with van der Waals surface area (Å²) in [6.07, 6.45) is 19.0. The summed E-state index contributed by atoms with van der Waals surface area (Å²) in [4.78, 5) is 19.6. The first-order chi connectivity index (χ1) is 13.0. The normalized spacial score (nSPS) is 32.7. The number of aliphatic imine (C=N–C) groups is 1. The van der Waals surface area contributed by atoms with Crippen molar-refractivity contribution in [3.05, 3.63) is 0 Å². The molecule has 2 N–H and O–H groups in total.